The quantitative estimate of drug-likeness (QED) is 0.542. The summed E-state index contributed by atoms with van der Waals surface area (Å²) >= 11 is 0. The molecule has 0 spiro atoms. The smallest absolute Gasteiger partial charge is 0.252 e. The Kier molecular flexibility index (Phi) is 8.02. The maximum Gasteiger partial charge on any atom is 0.252 e. The summed E-state index contributed by atoms with van der Waals surface area (Å²) in [6, 6.07) is 0. The van der Waals surface area contributed by atoms with Gasteiger partial charge in [-0.1, -0.05) is 13.8 Å². The molecule has 4 unspecified atom stereocenters. The minimum absolute atomic E-state index is 0.107. The molecule has 0 saturated carbocycles. The van der Waals surface area contributed by atoms with Gasteiger partial charge in [0.25, 0.3) is 5.91 Å². The highest BCUT2D eigenvalue weighted by molar-refractivity contribution is 5.97. The molecule has 0 aromatic heterocycles. The van der Waals surface area contributed by atoms with Crippen LogP contribution >= 0.6 is 0 Å². The van der Waals surface area contributed by atoms with Crippen molar-refractivity contribution in [3.05, 3.63) is 0 Å². The number of hydrogen-bond donors (Lipinski definition) is 3. The fraction of sp³-hybridized carbons (Fsp3) is 0.833. The van der Waals surface area contributed by atoms with E-state index in [-0.39, 0.29) is 11.8 Å². The maximum absolute atomic E-state index is 12.7. The fourth-order valence-corrected chi connectivity index (χ4v) is 4.09. The van der Waals surface area contributed by atoms with Gasteiger partial charge in [-0.2, -0.15) is 0 Å². The molecular formula is C18H34N3O4+. The van der Waals surface area contributed by atoms with Gasteiger partial charge in [-0.25, -0.2) is 0 Å². The Labute approximate surface area is 150 Å². The molecule has 4 atom stereocenters. The van der Waals surface area contributed by atoms with E-state index in [2.05, 4.69) is 26.3 Å². The molecular weight excluding hydrogens is 322 g/mol. The molecule has 1 saturated heterocycles. The summed E-state index contributed by atoms with van der Waals surface area (Å²) in [5, 5.41) is 11.2. The van der Waals surface area contributed by atoms with Crippen LogP contribution in [0.25, 0.3) is 0 Å². The zero-order valence-electron chi connectivity index (χ0n) is 16.0. The second kappa shape index (κ2) is 9.29. The maximum atomic E-state index is 12.7. The highest BCUT2D eigenvalue weighted by Gasteiger charge is 2.42. The molecule has 3 amide bonds. The first-order valence-electron chi connectivity index (χ1n) is 9.21. The van der Waals surface area contributed by atoms with Crippen molar-refractivity contribution in [3.8, 4) is 0 Å². The molecule has 1 aliphatic heterocycles. The summed E-state index contributed by atoms with van der Waals surface area (Å²) < 4.78 is 0.909. The lowest BCUT2D eigenvalue weighted by Crippen LogP contribution is -2.54. The number of hydrogen-bond acceptors (Lipinski definition) is 4. The van der Waals surface area contributed by atoms with Crippen LogP contribution < -0.4 is 11.1 Å². The first kappa shape index (κ1) is 21.6. The van der Waals surface area contributed by atoms with E-state index in [1.807, 2.05) is 6.92 Å². The number of likely N-dealkylation sites (tertiary alicyclic amines) is 1. The van der Waals surface area contributed by atoms with Crippen molar-refractivity contribution in [1.29, 1.82) is 0 Å². The lowest BCUT2D eigenvalue weighted by atomic mass is 9.71. The molecule has 0 aromatic rings. The molecule has 144 valence electrons. The van der Waals surface area contributed by atoms with Gasteiger partial charge in [0.05, 0.1) is 27.2 Å². The number of nitrogens with two attached hydrogens (primary N) is 1. The summed E-state index contributed by atoms with van der Waals surface area (Å²) in [5.74, 6) is -1.89. The molecule has 1 fully saturated rings. The molecule has 7 nitrogen and oxygen atoms in total. The number of nitrogens with zero attached hydrogens (tertiary/aromatic N) is 1. The highest BCUT2D eigenvalue weighted by atomic mass is 16.3. The summed E-state index contributed by atoms with van der Waals surface area (Å²) in [6.07, 6.45) is 2.73. The van der Waals surface area contributed by atoms with E-state index >= 15 is 0 Å². The first-order valence-corrected chi connectivity index (χ1v) is 9.21. The van der Waals surface area contributed by atoms with E-state index in [1.54, 1.807) is 0 Å². The number of aliphatic hydroxyl groups is 1. The number of rotatable bonds is 8. The summed E-state index contributed by atoms with van der Waals surface area (Å²) in [7, 11) is 4.36. The Morgan fingerprint density at radius 3 is 2.40 bits per heavy atom. The van der Waals surface area contributed by atoms with Crippen LogP contribution in [0.5, 0.6) is 0 Å². The molecule has 1 heterocycles. The Morgan fingerprint density at radius 1 is 1.28 bits per heavy atom. The van der Waals surface area contributed by atoms with Crippen molar-refractivity contribution >= 4 is 17.7 Å². The zero-order valence-corrected chi connectivity index (χ0v) is 16.0. The number of carbonyl (C=O) groups is 3. The molecule has 4 N–H and O–H groups in total. The Morgan fingerprint density at radius 2 is 1.92 bits per heavy atom. The van der Waals surface area contributed by atoms with Crippen LogP contribution in [0.3, 0.4) is 0 Å². The van der Waals surface area contributed by atoms with Gasteiger partial charge in [-0.15, -0.1) is 0 Å². The average molecular weight is 356 g/mol. The SMILES string of the molecule is CCC(CC(C(=O)NC(=O)CO)C1CC[N+](C)(C)CC1CC)C(N)=O. The van der Waals surface area contributed by atoms with Gasteiger partial charge in [0, 0.05) is 24.2 Å². The second-order valence-electron chi connectivity index (χ2n) is 7.88. The highest BCUT2D eigenvalue weighted by Crippen LogP contribution is 2.37. The Bertz CT molecular complexity index is 493. The van der Waals surface area contributed by atoms with Gasteiger partial charge in [-0.3, -0.25) is 19.7 Å². The van der Waals surface area contributed by atoms with Crippen LogP contribution in [-0.4, -0.2) is 61.1 Å². The first-order chi connectivity index (χ1) is 11.6. The van der Waals surface area contributed by atoms with E-state index in [0.29, 0.717) is 18.8 Å². The Balaban J connectivity index is 3.05. The van der Waals surface area contributed by atoms with Gasteiger partial charge in [0.15, 0.2) is 0 Å². The number of piperidine rings is 1. The van der Waals surface area contributed by atoms with E-state index in [1.165, 1.54) is 0 Å². The monoisotopic (exact) mass is 356 g/mol. The molecule has 0 bridgehead atoms. The molecule has 0 aliphatic carbocycles. The van der Waals surface area contributed by atoms with Crippen molar-refractivity contribution in [1.82, 2.24) is 5.32 Å². The largest absolute Gasteiger partial charge is 0.387 e. The van der Waals surface area contributed by atoms with Gasteiger partial charge in [0.2, 0.25) is 11.8 Å². The summed E-state index contributed by atoms with van der Waals surface area (Å²) in [5.41, 5.74) is 5.48. The standard InChI is InChI=1S/C18H33N3O4/c1-5-12(17(19)24)9-15(18(25)20-16(23)11-22)14-7-8-21(3,4)10-13(14)6-2/h12-15,22H,5-11H2,1-4H3,(H2-,19,20,23,24,25)/p+1. The molecule has 1 aliphatic rings. The van der Waals surface area contributed by atoms with Crippen LogP contribution in [0.1, 0.15) is 39.5 Å². The van der Waals surface area contributed by atoms with Crippen molar-refractivity contribution in [2.24, 2.45) is 29.4 Å². The minimum atomic E-state index is -0.725. The van der Waals surface area contributed by atoms with Gasteiger partial charge in [0.1, 0.15) is 6.61 Å². The fourth-order valence-electron chi connectivity index (χ4n) is 4.09. The average Bonchev–Trinajstić information content (AvgIpc) is 2.55. The van der Waals surface area contributed by atoms with Crippen LogP contribution in [-0.2, 0) is 14.4 Å². The zero-order chi connectivity index (χ0) is 19.2. The number of nitrogens with one attached hydrogen (secondary N) is 1. The third-order valence-electron chi connectivity index (χ3n) is 5.62. The number of primary amides is 1. The third-order valence-corrected chi connectivity index (χ3v) is 5.62. The van der Waals surface area contributed by atoms with Gasteiger partial charge >= 0.3 is 0 Å². The van der Waals surface area contributed by atoms with E-state index < -0.39 is 30.2 Å². The summed E-state index contributed by atoms with van der Waals surface area (Å²) in [4.78, 5) is 35.9. The van der Waals surface area contributed by atoms with Crippen LogP contribution in [0, 0.1) is 23.7 Å². The van der Waals surface area contributed by atoms with Gasteiger partial charge < -0.3 is 15.3 Å². The van der Waals surface area contributed by atoms with Crippen molar-refractivity contribution in [2.75, 3.05) is 33.8 Å². The van der Waals surface area contributed by atoms with Crippen molar-refractivity contribution in [3.63, 3.8) is 0 Å². The van der Waals surface area contributed by atoms with Crippen LogP contribution in [0.4, 0.5) is 0 Å². The predicted molar refractivity (Wildman–Crippen MR) is 95.0 cm³/mol. The number of amides is 3. The van der Waals surface area contributed by atoms with Gasteiger partial charge in [-0.05, 0) is 25.2 Å². The number of quaternary nitrogens is 1. The number of carbonyl (C=O) groups excluding carboxylic acids is 3. The number of aliphatic hydroxyl groups excluding tert-OH is 1. The lowest BCUT2D eigenvalue weighted by Gasteiger charge is -2.44. The molecule has 0 radical (unpaired) electrons. The molecule has 7 heteroatoms. The normalized spacial score (nSPS) is 25.0. The molecule has 1 rings (SSSR count). The lowest BCUT2D eigenvalue weighted by molar-refractivity contribution is -0.900. The van der Waals surface area contributed by atoms with Crippen LogP contribution in [0.15, 0.2) is 0 Å². The van der Waals surface area contributed by atoms with E-state index in [9.17, 15) is 14.4 Å². The predicted octanol–water partition coefficient (Wildman–Crippen LogP) is 0.262. The van der Waals surface area contributed by atoms with Crippen LogP contribution in [0.2, 0.25) is 0 Å². The molecule has 0 aromatic carbocycles. The van der Waals surface area contributed by atoms with Crippen molar-refractivity contribution in [2.45, 2.75) is 39.5 Å². The van der Waals surface area contributed by atoms with Crippen molar-refractivity contribution < 1.29 is 24.0 Å². The third kappa shape index (κ3) is 6.08. The summed E-state index contributed by atoms with van der Waals surface area (Å²) in [6.45, 7) is 5.18. The topological polar surface area (TPSA) is 109 Å². The Hall–Kier alpha value is -1.47. The minimum Gasteiger partial charge on any atom is -0.387 e. The molecule has 25 heavy (non-hydrogen) atoms. The number of imide groups is 1. The van der Waals surface area contributed by atoms with E-state index in [0.717, 1.165) is 30.4 Å². The van der Waals surface area contributed by atoms with E-state index in [4.69, 9.17) is 10.8 Å². The second-order valence-corrected chi connectivity index (χ2v) is 7.88.